The number of fused-ring (bicyclic) bond motifs is 1. The maximum absolute atomic E-state index is 13.9. The highest BCUT2D eigenvalue weighted by atomic mass is 19.1. The first kappa shape index (κ1) is 25.9. The van der Waals surface area contributed by atoms with Crippen molar-refractivity contribution in [3.05, 3.63) is 102 Å². The van der Waals surface area contributed by atoms with Gasteiger partial charge >= 0.3 is 0 Å². The van der Waals surface area contributed by atoms with Gasteiger partial charge in [-0.3, -0.25) is 10.1 Å². The van der Waals surface area contributed by atoms with Crippen LogP contribution in [0, 0.1) is 18.7 Å². The van der Waals surface area contributed by atoms with Crippen LogP contribution in [-0.2, 0) is 6.54 Å². The van der Waals surface area contributed by atoms with E-state index in [1.807, 2.05) is 55.7 Å². The van der Waals surface area contributed by atoms with Crippen molar-refractivity contribution in [2.75, 3.05) is 11.9 Å². The van der Waals surface area contributed by atoms with Crippen molar-refractivity contribution in [2.24, 2.45) is 5.92 Å². The van der Waals surface area contributed by atoms with E-state index in [2.05, 4.69) is 38.5 Å². The second kappa shape index (κ2) is 11.4. The third-order valence-corrected chi connectivity index (χ3v) is 7.78. The molecule has 1 fully saturated rings. The van der Waals surface area contributed by atoms with Crippen molar-refractivity contribution in [1.82, 2.24) is 25.5 Å². The van der Waals surface area contributed by atoms with E-state index < -0.39 is 0 Å². The Hall–Kier alpha value is -4.36. The summed E-state index contributed by atoms with van der Waals surface area (Å²) in [7, 11) is 0. The lowest BCUT2D eigenvalue weighted by Gasteiger charge is -2.14. The van der Waals surface area contributed by atoms with E-state index in [0.717, 1.165) is 69.2 Å². The van der Waals surface area contributed by atoms with Crippen LogP contribution in [0.4, 0.5) is 10.1 Å². The number of nitrogens with zero attached hydrogens (tertiary/aromatic N) is 3. The number of pyridine rings is 2. The van der Waals surface area contributed by atoms with Gasteiger partial charge in [0.05, 0.1) is 16.9 Å². The summed E-state index contributed by atoms with van der Waals surface area (Å²) in [5.41, 5.74) is 9.42. The molecule has 0 amide bonds. The molecule has 7 heteroatoms. The molecule has 1 aliphatic rings. The van der Waals surface area contributed by atoms with Crippen LogP contribution >= 0.6 is 0 Å². The number of aromatic amines is 1. The lowest BCUT2D eigenvalue weighted by Crippen LogP contribution is -2.20. The summed E-state index contributed by atoms with van der Waals surface area (Å²) >= 11 is 0. The molecule has 0 saturated heterocycles. The lowest BCUT2D eigenvalue weighted by molar-refractivity contribution is 0.489. The first-order valence-electron chi connectivity index (χ1n) is 13.9. The van der Waals surface area contributed by atoms with E-state index in [-0.39, 0.29) is 5.82 Å². The van der Waals surface area contributed by atoms with E-state index in [9.17, 15) is 4.39 Å². The summed E-state index contributed by atoms with van der Waals surface area (Å²) in [6, 6.07) is 18.7. The third-order valence-electron chi connectivity index (χ3n) is 7.78. The average Bonchev–Trinajstić information content (AvgIpc) is 3.64. The van der Waals surface area contributed by atoms with Gasteiger partial charge in [-0.15, -0.1) is 0 Å². The summed E-state index contributed by atoms with van der Waals surface area (Å²) in [5, 5.41) is 14.6. The Morgan fingerprint density at radius 1 is 1.02 bits per heavy atom. The topological polar surface area (TPSA) is 78.5 Å². The molecule has 40 heavy (non-hydrogen) atoms. The monoisotopic (exact) mass is 532 g/mol. The molecule has 0 radical (unpaired) electrons. The standard InChI is InChI=1S/C33H33FN6/c1-21-28(25-9-5-10-27(34)16-25)11-6-12-29(21)37-22(2)32-33-31(39-40-32)14-13-30(38-33)26-15-24(19-36-20-26)18-35-17-23-7-3-4-8-23/h5-6,9-16,19-20,23,35,37H,2-4,7-8,17-18H2,1H3,(H,39,40). The number of hydrogen-bond acceptors (Lipinski definition) is 5. The molecule has 2 aromatic carbocycles. The van der Waals surface area contributed by atoms with Crippen LogP contribution in [0.1, 0.15) is 42.5 Å². The Bertz CT molecular complexity index is 1670. The highest BCUT2D eigenvalue weighted by Gasteiger charge is 2.16. The second-order valence-corrected chi connectivity index (χ2v) is 10.6. The number of halogens is 1. The normalized spacial score (nSPS) is 13.7. The van der Waals surface area contributed by atoms with E-state index in [4.69, 9.17) is 4.98 Å². The molecule has 202 valence electrons. The van der Waals surface area contributed by atoms with Gasteiger partial charge < -0.3 is 10.6 Å². The van der Waals surface area contributed by atoms with Gasteiger partial charge in [0.25, 0.3) is 0 Å². The van der Waals surface area contributed by atoms with Crippen LogP contribution in [0.3, 0.4) is 0 Å². The summed E-state index contributed by atoms with van der Waals surface area (Å²) < 4.78 is 13.9. The number of hydrogen-bond donors (Lipinski definition) is 3. The summed E-state index contributed by atoms with van der Waals surface area (Å²) in [6.07, 6.45) is 9.15. The lowest BCUT2D eigenvalue weighted by atomic mass is 9.99. The first-order chi connectivity index (χ1) is 19.5. The third kappa shape index (κ3) is 5.51. The van der Waals surface area contributed by atoms with Gasteiger partial charge in [0.1, 0.15) is 17.0 Å². The highest BCUT2D eigenvalue weighted by Crippen LogP contribution is 2.32. The zero-order valence-corrected chi connectivity index (χ0v) is 22.7. The largest absolute Gasteiger partial charge is 0.354 e. The van der Waals surface area contributed by atoms with Gasteiger partial charge in [0.2, 0.25) is 0 Å². The molecule has 3 heterocycles. The van der Waals surface area contributed by atoms with Crippen molar-refractivity contribution < 1.29 is 4.39 Å². The Morgan fingerprint density at radius 2 is 1.88 bits per heavy atom. The van der Waals surface area contributed by atoms with Crippen molar-refractivity contribution in [1.29, 1.82) is 0 Å². The van der Waals surface area contributed by atoms with E-state index in [1.165, 1.54) is 31.7 Å². The molecule has 0 atom stereocenters. The molecule has 3 N–H and O–H groups in total. The molecular weight excluding hydrogens is 499 g/mol. The molecule has 1 saturated carbocycles. The fourth-order valence-corrected chi connectivity index (χ4v) is 5.59. The molecule has 0 spiro atoms. The number of H-pyrrole nitrogens is 1. The van der Waals surface area contributed by atoms with Gasteiger partial charge in [-0.2, -0.15) is 5.10 Å². The molecule has 1 aliphatic carbocycles. The van der Waals surface area contributed by atoms with Gasteiger partial charge in [-0.05, 0) is 90.9 Å². The molecule has 0 aliphatic heterocycles. The van der Waals surface area contributed by atoms with Crippen LogP contribution < -0.4 is 10.6 Å². The number of nitrogens with one attached hydrogen (secondary N) is 3. The maximum Gasteiger partial charge on any atom is 0.134 e. The summed E-state index contributed by atoms with van der Waals surface area (Å²) in [5.74, 6) is 0.541. The molecule has 5 aromatic rings. The minimum Gasteiger partial charge on any atom is -0.354 e. The zero-order valence-electron chi connectivity index (χ0n) is 22.7. The van der Waals surface area contributed by atoms with Crippen molar-refractivity contribution in [3.63, 3.8) is 0 Å². The predicted octanol–water partition coefficient (Wildman–Crippen LogP) is 7.50. The van der Waals surface area contributed by atoms with Crippen LogP contribution in [0.15, 0.2) is 79.6 Å². The molecule has 0 unspecified atom stereocenters. The van der Waals surface area contributed by atoms with Crippen LogP contribution in [0.25, 0.3) is 39.1 Å². The summed E-state index contributed by atoms with van der Waals surface area (Å²) in [4.78, 5) is 9.44. The molecule has 6 nitrogen and oxygen atoms in total. The summed E-state index contributed by atoms with van der Waals surface area (Å²) in [6.45, 7) is 8.14. The molecule has 0 bridgehead atoms. The minimum atomic E-state index is -0.259. The first-order valence-corrected chi connectivity index (χ1v) is 13.9. The zero-order chi connectivity index (χ0) is 27.5. The molecular formula is C33H33FN6. The minimum absolute atomic E-state index is 0.259. The Labute approximate surface area is 233 Å². The van der Waals surface area contributed by atoms with Crippen LogP contribution in [-0.4, -0.2) is 26.7 Å². The maximum atomic E-state index is 13.9. The second-order valence-electron chi connectivity index (χ2n) is 10.6. The average molecular weight is 533 g/mol. The Balaban J connectivity index is 1.22. The Morgan fingerprint density at radius 3 is 2.73 bits per heavy atom. The van der Waals surface area contributed by atoms with Crippen molar-refractivity contribution >= 4 is 22.4 Å². The van der Waals surface area contributed by atoms with E-state index >= 15 is 0 Å². The van der Waals surface area contributed by atoms with Gasteiger partial charge in [0, 0.05) is 30.2 Å². The van der Waals surface area contributed by atoms with Gasteiger partial charge in [-0.1, -0.05) is 43.7 Å². The predicted molar refractivity (Wildman–Crippen MR) is 160 cm³/mol. The van der Waals surface area contributed by atoms with Crippen LogP contribution in [0.2, 0.25) is 0 Å². The van der Waals surface area contributed by atoms with Gasteiger partial charge in [0.15, 0.2) is 0 Å². The fraction of sp³-hybridized carbons (Fsp3) is 0.242. The molecule has 3 aromatic heterocycles. The van der Waals surface area contributed by atoms with E-state index in [1.54, 1.807) is 12.1 Å². The fourth-order valence-electron chi connectivity index (χ4n) is 5.59. The number of rotatable bonds is 9. The number of aromatic nitrogens is 4. The number of anilines is 1. The van der Waals surface area contributed by atoms with Crippen molar-refractivity contribution in [2.45, 2.75) is 39.2 Å². The highest BCUT2D eigenvalue weighted by molar-refractivity contribution is 5.92. The quantitative estimate of drug-likeness (QED) is 0.183. The van der Waals surface area contributed by atoms with Crippen LogP contribution in [0.5, 0.6) is 0 Å². The van der Waals surface area contributed by atoms with E-state index in [0.29, 0.717) is 11.4 Å². The number of benzene rings is 2. The molecule has 6 rings (SSSR count). The van der Waals surface area contributed by atoms with Crippen molar-refractivity contribution in [3.8, 4) is 22.4 Å². The Kier molecular flexibility index (Phi) is 7.38. The SMILES string of the molecule is C=C(Nc1cccc(-c2cccc(F)c2)c1C)c1n[nH]c2ccc(-c3cncc(CNCC4CCCC4)c3)nc12. The smallest absolute Gasteiger partial charge is 0.134 e. The van der Waals surface area contributed by atoms with Gasteiger partial charge in [-0.25, -0.2) is 9.37 Å².